The van der Waals surface area contributed by atoms with E-state index in [-0.39, 0.29) is 6.42 Å². The first-order valence-corrected chi connectivity index (χ1v) is 8.41. The minimum Gasteiger partial charge on any atom is -0.481 e. The van der Waals surface area contributed by atoms with E-state index in [1.165, 1.54) is 44.9 Å². The van der Waals surface area contributed by atoms with E-state index in [1.54, 1.807) is 6.08 Å². The van der Waals surface area contributed by atoms with Crippen molar-refractivity contribution in [3.63, 3.8) is 0 Å². The van der Waals surface area contributed by atoms with Gasteiger partial charge < -0.3 is 9.84 Å². The third-order valence-electron chi connectivity index (χ3n) is 3.77. The third kappa shape index (κ3) is 10.3. The Labute approximate surface area is 129 Å². The smallest absolute Gasteiger partial charge is 0.307 e. The van der Waals surface area contributed by atoms with Crippen LogP contribution in [-0.2, 0) is 9.53 Å². The minimum atomic E-state index is -0.780. The number of rotatable bonds is 13. The number of hydrogen-bond acceptors (Lipinski definition) is 2. The van der Waals surface area contributed by atoms with Crippen LogP contribution in [0.15, 0.2) is 24.3 Å². The molecule has 1 aliphatic rings. The molecule has 120 valence electrons. The van der Waals surface area contributed by atoms with Gasteiger partial charge in [-0.3, -0.25) is 4.79 Å². The highest BCUT2D eigenvalue weighted by Crippen LogP contribution is 2.29. The second kappa shape index (κ2) is 11.6. The largest absolute Gasteiger partial charge is 0.481 e. The minimum absolute atomic E-state index is 0.107. The number of allylic oxidation sites excluding steroid dienone is 1. The summed E-state index contributed by atoms with van der Waals surface area (Å²) in [6.07, 6.45) is 20.0. The fourth-order valence-corrected chi connectivity index (χ4v) is 2.40. The molecule has 1 N–H and O–H groups in total. The Morgan fingerprint density at radius 1 is 0.952 bits per heavy atom. The zero-order chi connectivity index (χ0) is 15.3. The maximum atomic E-state index is 10.3. The van der Waals surface area contributed by atoms with E-state index in [1.807, 2.05) is 6.08 Å². The van der Waals surface area contributed by atoms with Crippen LogP contribution in [0.25, 0.3) is 0 Å². The quantitative estimate of drug-likeness (QED) is 0.299. The van der Waals surface area contributed by atoms with Gasteiger partial charge in [-0.2, -0.15) is 0 Å². The molecule has 0 spiro atoms. The molecule has 3 heteroatoms. The number of carbonyl (C=O) groups is 1. The predicted octanol–water partition coefficient (Wildman–Crippen LogP) is 4.87. The molecule has 1 aliphatic heterocycles. The number of hydrogen-bond donors (Lipinski definition) is 1. The van der Waals surface area contributed by atoms with Gasteiger partial charge in [-0.05, 0) is 25.7 Å². The first kappa shape index (κ1) is 18.0. The summed E-state index contributed by atoms with van der Waals surface area (Å²) in [5, 5.41) is 8.50. The molecule has 0 bridgehead atoms. The van der Waals surface area contributed by atoms with Crippen LogP contribution in [0.3, 0.4) is 0 Å². The van der Waals surface area contributed by atoms with Gasteiger partial charge in [-0.25, -0.2) is 0 Å². The van der Waals surface area contributed by atoms with Crippen molar-refractivity contribution in [2.45, 2.75) is 83.3 Å². The summed E-state index contributed by atoms with van der Waals surface area (Å²) < 4.78 is 5.55. The fraction of sp³-hybridized carbons (Fsp3) is 0.722. The third-order valence-corrected chi connectivity index (χ3v) is 3.77. The highest BCUT2D eigenvalue weighted by molar-refractivity contribution is 5.68. The molecular formula is C18H30O3. The maximum Gasteiger partial charge on any atom is 0.307 e. The van der Waals surface area contributed by atoms with Crippen molar-refractivity contribution >= 4 is 5.97 Å². The molecule has 0 saturated carbocycles. The fourth-order valence-electron chi connectivity index (χ4n) is 2.40. The second-order valence-electron chi connectivity index (χ2n) is 5.78. The van der Waals surface area contributed by atoms with Gasteiger partial charge in [-0.1, -0.05) is 63.3 Å². The van der Waals surface area contributed by atoms with Crippen molar-refractivity contribution < 1.29 is 14.6 Å². The van der Waals surface area contributed by atoms with E-state index >= 15 is 0 Å². The van der Waals surface area contributed by atoms with E-state index < -0.39 is 5.97 Å². The summed E-state index contributed by atoms with van der Waals surface area (Å²) in [5.74, 6) is -0.780. The van der Waals surface area contributed by atoms with Gasteiger partial charge in [0.25, 0.3) is 0 Å². The van der Waals surface area contributed by atoms with Crippen LogP contribution in [-0.4, -0.2) is 23.3 Å². The average molecular weight is 294 g/mol. The number of aliphatic carboxylic acids is 1. The Morgan fingerprint density at radius 3 is 2.24 bits per heavy atom. The van der Waals surface area contributed by atoms with Crippen LogP contribution < -0.4 is 0 Å². The van der Waals surface area contributed by atoms with Gasteiger partial charge in [0.1, 0.15) is 0 Å². The number of epoxide rings is 1. The standard InChI is InChI=1S/C18H30O3/c1-2-3-4-5-6-7-8-9-10-13-16-17(21-16)14-11-12-15-18(19)20/h9-12,16-17H,2-8,13-15H2,1H3,(H,19,20)/b10-9?,12-11-. The van der Waals surface area contributed by atoms with Crippen LogP contribution in [0.1, 0.15) is 71.1 Å². The molecule has 3 nitrogen and oxygen atoms in total. The van der Waals surface area contributed by atoms with Crippen molar-refractivity contribution in [3.05, 3.63) is 24.3 Å². The number of carboxylic acid groups (broad SMARTS) is 1. The zero-order valence-corrected chi connectivity index (χ0v) is 13.3. The highest BCUT2D eigenvalue weighted by atomic mass is 16.6. The van der Waals surface area contributed by atoms with Crippen molar-refractivity contribution in [1.29, 1.82) is 0 Å². The number of ether oxygens (including phenoxy) is 1. The lowest BCUT2D eigenvalue weighted by Gasteiger charge is -1.97. The van der Waals surface area contributed by atoms with Crippen molar-refractivity contribution in [2.75, 3.05) is 0 Å². The first-order chi connectivity index (χ1) is 10.2. The molecule has 1 heterocycles. The summed E-state index contributed by atoms with van der Waals surface area (Å²) in [4.78, 5) is 10.3. The lowest BCUT2D eigenvalue weighted by molar-refractivity contribution is -0.136. The lowest BCUT2D eigenvalue weighted by atomic mass is 10.1. The first-order valence-electron chi connectivity index (χ1n) is 8.41. The summed E-state index contributed by atoms with van der Waals surface area (Å²) in [7, 11) is 0. The van der Waals surface area contributed by atoms with Crippen molar-refractivity contribution in [2.24, 2.45) is 0 Å². The molecule has 21 heavy (non-hydrogen) atoms. The van der Waals surface area contributed by atoms with Gasteiger partial charge >= 0.3 is 5.97 Å². The van der Waals surface area contributed by atoms with E-state index in [9.17, 15) is 4.79 Å². The lowest BCUT2D eigenvalue weighted by Crippen LogP contribution is -1.92. The second-order valence-corrected chi connectivity index (χ2v) is 5.78. The molecule has 0 aromatic rings. The molecule has 2 unspecified atom stereocenters. The van der Waals surface area contributed by atoms with Gasteiger partial charge in [0, 0.05) is 0 Å². The molecule has 2 atom stereocenters. The molecule has 1 rings (SSSR count). The molecule has 1 fully saturated rings. The van der Waals surface area contributed by atoms with E-state index in [0.717, 1.165) is 12.8 Å². The van der Waals surface area contributed by atoms with Crippen LogP contribution in [0.4, 0.5) is 0 Å². The summed E-state index contributed by atoms with van der Waals surface area (Å²) in [6.45, 7) is 2.25. The predicted molar refractivity (Wildman–Crippen MR) is 86.4 cm³/mol. The maximum absolute atomic E-state index is 10.3. The molecule has 0 aromatic carbocycles. The SMILES string of the molecule is CCCCCCCCC=CCC1OC1C/C=C\CC(=O)O. The number of carboxylic acids is 1. The Balaban J connectivity index is 1.89. The number of unbranched alkanes of at least 4 members (excludes halogenated alkanes) is 6. The van der Waals surface area contributed by atoms with E-state index in [4.69, 9.17) is 9.84 Å². The van der Waals surface area contributed by atoms with Gasteiger partial charge in [-0.15, -0.1) is 0 Å². The van der Waals surface area contributed by atoms with Crippen LogP contribution in [0, 0.1) is 0 Å². The normalized spacial score (nSPS) is 21.4. The van der Waals surface area contributed by atoms with Crippen LogP contribution >= 0.6 is 0 Å². The van der Waals surface area contributed by atoms with E-state index in [0.29, 0.717) is 12.2 Å². The van der Waals surface area contributed by atoms with Crippen LogP contribution in [0.5, 0.6) is 0 Å². The summed E-state index contributed by atoms with van der Waals surface area (Å²) >= 11 is 0. The molecule has 0 aromatic heterocycles. The molecular weight excluding hydrogens is 264 g/mol. The Morgan fingerprint density at radius 2 is 1.57 bits per heavy atom. The van der Waals surface area contributed by atoms with Gasteiger partial charge in [0.2, 0.25) is 0 Å². The van der Waals surface area contributed by atoms with Crippen molar-refractivity contribution in [1.82, 2.24) is 0 Å². The molecule has 0 aliphatic carbocycles. The van der Waals surface area contributed by atoms with Crippen molar-refractivity contribution in [3.8, 4) is 0 Å². The Kier molecular flexibility index (Phi) is 9.88. The highest BCUT2D eigenvalue weighted by Gasteiger charge is 2.35. The monoisotopic (exact) mass is 294 g/mol. The zero-order valence-electron chi connectivity index (χ0n) is 13.3. The van der Waals surface area contributed by atoms with Gasteiger partial charge in [0.15, 0.2) is 0 Å². The molecule has 0 amide bonds. The molecule has 0 radical (unpaired) electrons. The Hall–Kier alpha value is -1.09. The summed E-state index contributed by atoms with van der Waals surface area (Å²) in [5.41, 5.74) is 0. The molecule has 1 saturated heterocycles. The Bertz CT molecular complexity index is 333. The van der Waals surface area contributed by atoms with Crippen LogP contribution in [0.2, 0.25) is 0 Å². The van der Waals surface area contributed by atoms with Gasteiger partial charge in [0.05, 0.1) is 18.6 Å². The topological polar surface area (TPSA) is 49.8 Å². The summed E-state index contributed by atoms with van der Waals surface area (Å²) in [6, 6.07) is 0. The average Bonchev–Trinajstić information content (AvgIpc) is 3.20. The van der Waals surface area contributed by atoms with E-state index in [2.05, 4.69) is 19.1 Å².